The largest absolute Gasteiger partial charge is 0.415 e. The lowest BCUT2D eigenvalue weighted by molar-refractivity contribution is -0.152. The molecule has 1 N–H and O–H groups in total. The number of ether oxygens (including phenoxy) is 2. The van der Waals surface area contributed by atoms with Gasteiger partial charge in [0.15, 0.2) is 25.0 Å². The summed E-state index contributed by atoms with van der Waals surface area (Å²) in [7, 11) is -5.43. The molecule has 0 radical (unpaired) electrons. The standard InChI is InChI=1S/C35H60N2O5SSi3/c1-23(19-32-36-21-29(37-32)26-14-16-28(43-4)17-15-26)18-30-35(42-46(11,12)13)34(41-45(8,9)10)27(22-38-30)20-31-33(39-31)24(2)25(3)40-44(5,6)7/h14-17,19,21,24-25,27,30-31,33-35H,18,20,22H2,1-13H3,(H,36,37)/b23-19+/t24-,25-,27-,30-,31-,33-,34+,35-/m0/s1. The third kappa shape index (κ3) is 11.3. The Balaban J connectivity index is 1.49. The monoisotopic (exact) mass is 704 g/mol. The molecule has 0 saturated carbocycles. The molecule has 2 aliphatic rings. The summed E-state index contributed by atoms with van der Waals surface area (Å²) in [5, 5.41) is 0. The van der Waals surface area contributed by atoms with Gasteiger partial charge in [-0.05, 0) is 116 Å². The number of hydrogen-bond donors (Lipinski definition) is 1. The van der Waals surface area contributed by atoms with Gasteiger partial charge in [-0.1, -0.05) is 24.6 Å². The molecule has 2 fully saturated rings. The topological polar surface area (TPSA) is 78.1 Å². The van der Waals surface area contributed by atoms with Crippen molar-refractivity contribution >= 4 is 42.8 Å². The SMILES string of the molecule is CSc1ccc(-c2cnc(/C=C(\C)C[C@@H]3OC[C@H](C[C@@H]4O[C@H]4[C@@H](C)[C@H](C)O[Si](C)(C)C)[C@@H](O[Si](C)(C)C)[C@H]3O[Si](C)(C)C)[nH]2)cc1. The van der Waals surface area contributed by atoms with Gasteiger partial charge in [-0.15, -0.1) is 11.8 Å². The molecule has 3 heterocycles. The van der Waals surface area contributed by atoms with Crippen LogP contribution in [0.4, 0.5) is 0 Å². The summed E-state index contributed by atoms with van der Waals surface area (Å²) in [5.41, 5.74) is 3.35. The predicted octanol–water partition coefficient (Wildman–Crippen LogP) is 9.08. The van der Waals surface area contributed by atoms with Gasteiger partial charge in [0.2, 0.25) is 0 Å². The molecule has 0 spiro atoms. The molecule has 258 valence electrons. The number of epoxide rings is 1. The lowest BCUT2D eigenvalue weighted by Crippen LogP contribution is -2.58. The van der Waals surface area contributed by atoms with E-state index in [-0.39, 0.29) is 42.5 Å². The Morgan fingerprint density at radius 2 is 1.59 bits per heavy atom. The molecule has 2 aliphatic heterocycles. The molecule has 0 aliphatic carbocycles. The van der Waals surface area contributed by atoms with Crippen LogP contribution in [0.1, 0.15) is 39.4 Å². The van der Waals surface area contributed by atoms with Gasteiger partial charge >= 0.3 is 0 Å². The number of aromatic amines is 1. The van der Waals surface area contributed by atoms with E-state index in [1.54, 1.807) is 11.8 Å². The van der Waals surface area contributed by atoms with Crippen LogP contribution in [0.15, 0.2) is 40.9 Å². The third-order valence-corrected chi connectivity index (χ3v) is 12.3. The van der Waals surface area contributed by atoms with Crippen LogP contribution in [-0.4, -0.2) is 84.4 Å². The molecule has 7 nitrogen and oxygen atoms in total. The summed E-state index contributed by atoms with van der Waals surface area (Å²) in [4.78, 5) is 9.42. The minimum Gasteiger partial charge on any atom is -0.415 e. The molecule has 2 saturated heterocycles. The van der Waals surface area contributed by atoms with Gasteiger partial charge in [0.1, 0.15) is 5.82 Å². The van der Waals surface area contributed by atoms with Gasteiger partial charge in [0.05, 0.1) is 49.0 Å². The highest BCUT2D eigenvalue weighted by Gasteiger charge is 2.51. The normalized spacial score (nSPS) is 27.5. The second-order valence-electron chi connectivity index (χ2n) is 16.3. The zero-order valence-corrected chi connectivity index (χ0v) is 34.4. The van der Waals surface area contributed by atoms with Gasteiger partial charge in [0.25, 0.3) is 0 Å². The first-order valence-corrected chi connectivity index (χ1v) is 28.4. The van der Waals surface area contributed by atoms with Gasteiger partial charge in [-0.25, -0.2) is 4.98 Å². The second-order valence-corrected chi connectivity index (χ2v) is 30.6. The number of H-pyrrole nitrogens is 1. The molecular weight excluding hydrogens is 645 g/mol. The van der Waals surface area contributed by atoms with Crippen molar-refractivity contribution in [1.29, 1.82) is 0 Å². The fourth-order valence-electron chi connectivity index (χ4n) is 6.39. The highest BCUT2D eigenvalue weighted by molar-refractivity contribution is 7.98. The first-order valence-electron chi connectivity index (χ1n) is 17.0. The van der Waals surface area contributed by atoms with Crippen molar-refractivity contribution in [2.45, 2.75) is 134 Å². The zero-order valence-electron chi connectivity index (χ0n) is 30.6. The van der Waals surface area contributed by atoms with E-state index >= 15 is 0 Å². The Bertz CT molecular complexity index is 1300. The van der Waals surface area contributed by atoms with Crippen LogP contribution in [0.5, 0.6) is 0 Å². The number of rotatable bonds is 15. The highest BCUT2D eigenvalue weighted by atomic mass is 32.2. The van der Waals surface area contributed by atoms with Crippen molar-refractivity contribution < 1.29 is 22.8 Å². The first kappa shape index (κ1) is 37.8. The van der Waals surface area contributed by atoms with Crippen LogP contribution in [0.3, 0.4) is 0 Å². The van der Waals surface area contributed by atoms with Crippen molar-refractivity contribution in [3.63, 3.8) is 0 Å². The molecular formula is C35H60N2O5SSi3. The van der Waals surface area contributed by atoms with Crippen LogP contribution in [-0.2, 0) is 22.8 Å². The number of aromatic nitrogens is 2. The minimum atomic E-state index is -1.92. The Kier molecular flexibility index (Phi) is 12.5. The van der Waals surface area contributed by atoms with Gasteiger partial charge < -0.3 is 27.7 Å². The number of thioether (sulfide) groups is 1. The van der Waals surface area contributed by atoms with E-state index < -0.39 is 25.0 Å². The quantitative estimate of drug-likeness (QED) is 0.113. The van der Waals surface area contributed by atoms with Crippen molar-refractivity contribution in [3.8, 4) is 11.3 Å². The highest BCUT2D eigenvalue weighted by Crippen LogP contribution is 2.41. The molecule has 11 heteroatoms. The molecule has 8 atom stereocenters. The average Bonchev–Trinajstić information content (AvgIpc) is 3.54. The van der Waals surface area contributed by atoms with Gasteiger partial charge in [-0.2, -0.15) is 0 Å². The summed E-state index contributed by atoms with van der Waals surface area (Å²) in [6, 6.07) is 8.57. The van der Waals surface area contributed by atoms with E-state index in [4.69, 9.17) is 22.8 Å². The molecule has 0 amide bonds. The number of nitrogens with zero attached hydrogens (tertiary/aromatic N) is 1. The van der Waals surface area contributed by atoms with Gasteiger partial charge in [-0.3, -0.25) is 0 Å². The number of nitrogens with one attached hydrogen (secondary N) is 1. The van der Waals surface area contributed by atoms with Gasteiger partial charge in [0, 0.05) is 22.8 Å². The first-order chi connectivity index (χ1) is 21.3. The minimum absolute atomic E-state index is 0.0276. The summed E-state index contributed by atoms with van der Waals surface area (Å²) in [5.74, 6) is 1.42. The Hall–Kier alpha value is -1.03. The average molecular weight is 705 g/mol. The van der Waals surface area contributed by atoms with E-state index in [1.165, 1.54) is 10.5 Å². The molecule has 46 heavy (non-hydrogen) atoms. The summed E-state index contributed by atoms with van der Waals surface area (Å²) in [6.45, 7) is 27.7. The maximum absolute atomic E-state index is 7.03. The van der Waals surface area contributed by atoms with Crippen LogP contribution >= 0.6 is 11.8 Å². The Morgan fingerprint density at radius 3 is 2.17 bits per heavy atom. The van der Waals surface area contributed by atoms with Crippen LogP contribution in [0.25, 0.3) is 17.3 Å². The maximum atomic E-state index is 7.03. The molecule has 4 rings (SSSR count). The molecule has 0 bridgehead atoms. The summed E-state index contributed by atoms with van der Waals surface area (Å²) in [6.07, 6.45) is 8.20. The third-order valence-electron chi connectivity index (χ3n) is 8.52. The Labute approximate surface area is 286 Å². The summed E-state index contributed by atoms with van der Waals surface area (Å²) < 4.78 is 33.5. The van der Waals surface area contributed by atoms with Crippen LogP contribution in [0.2, 0.25) is 58.9 Å². The fraction of sp³-hybridized carbons (Fsp3) is 0.686. The zero-order chi connectivity index (χ0) is 34.0. The number of hydrogen-bond acceptors (Lipinski definition) is 7. The van der Waals surface area contributed by atoms with E-state index in [9.17, 15) is 0 Å². The van der Waals surface area contributed by atoms with E-state index in [2.05, 4.69) is 126 Å². The number of imidazole rings is 1. The van der Waals surface area contributed by atoms with Crippen molar-refractivity contribution in [1.82, 2.24) is 9.97 Å². The van der Waals surface area contributed by atoms with Crippen molar-refractivity contribution in [3.05, 3.63) is 41.9 Å². The Morgan fingerprint density at radius 1 is 0.957 bits per heavy atom. The molecule has 1 aromatic carbocycles. The summed E-state index contributed by atoms with van der Waals surface area (Å²) >= 11 is 1.75. The smallest absolute Gasteiger partial charge is 0.184 e. The predicted molar refractivity (Wildman–Crippen MR) is 200 cm³/mol. The van der Waals surface area contributed by atoms with Crippen molar-refractivity contribution in [2.75, 3.05) is 12.9 Å². The van der Waals surface area contributed by atoms with E-state index in [0.29, 0.717) is 12.5 Å². The molecule has 2 aromatic rings. The van der Waals surface area contributed by atoms with E-state index in [1.807, 2.05) is 6.20 Å². The van der Waals surface area contributed by atoms with Crippen molar-refractivity contribution in [2.24, 2.45) is 11.8 Å². The van der Waals surface area contributed by atoms with Crippen LogP contribution in [0, 0.1) is 11.8 Å². The molecule has 0 unspecified atom stereocenters. The van der Waals surface area contributed by atoms with E-state index in [0.717, 1.165) is 29.9 Å². The lowest BCUT2D eigenvalue weighted by Gasteiger charge is -2.47. The lowest BCUT2D eigenvalue weighted by atomic mass is 9.85. The fourth-order valence-corrected chi connectivity index (χ4v) is 10.4. The molecule has 1 aromatic heterocycles. The second kappa shape index (κ2) is 15.2. The van der Waals surface area contributed by atoms with Crippen LogP contribution < -0.4 is 0 Å². The maximum Gasteiger partial charge on any atom is 0.184 e. The number of benzene rings is 1.